The summed E-state index contributed by atoms with van der Waals surface area (Å²) in [6.07, 6.45) is 2.55. The van der Waals surface area contributed by atoms with Gasteiger partial charge in [0.2, 0.25) is 11.8 Å². The normalized spacial score (nSPS) is 21.8. The lowest BCUT2D eigenvalue weighted by molar-refractivity contribution is -0.138. The molecule has 1 fully saturated rings. The Labute approximate surface area is 172 Å². The van der Waals surface area contributed by atoms with Crippen LogP contribution in [-0.2, 0) is 26.2 Å². The Morgan fingerprint density at radius 2 is 1.76 bits per heavy atom. The molecule has 0 radical (unpaired) electrons. The van der Waals surface area contributed by atoms with Gasteiger partial charge < -0.3 is 14.5 Å². The summed E-state index contributed by atoms with van der Waals surface area (Å²) in [5.41, 5.74) is 1.78. The minimum Gasteiger partial charge on any atom is -0.382 e. The van der Waals surface area contributed by atoms with Gasteiger partial charge in [0, 0.05) is 33.3 Å². The Morgan fingerprint density at radius 3 is 2.41 bits per heavy atom. The Hall–Kier alpha value is -2.66. The van der Waals surface area contributed by atoms with E-state index < -0.39 is 5.41 Å². The van der Waals surface area contributed by atoms with E-state index in [1.165, 1.54) is 0 Å². The topological polar surface area (TPSA) is 49.9 Å². The van der Waals surface area contributed by atoms with Gasteiger partial charge in [-0.05, 0) is 36.5 Å². The van der Waals surface area contributed by atoms with Gasteiger partial charge in [-0.1, -0.05) is 48.5 Å². The van der Waals surface area contributed by atoms with Crippen LogP contribution in [0.1, 0.15) is 30.4 Å². The van der Waals surface area contributed by atoms with Crippen molar-refractivity contribution < 1.29 is 14.3 Å². The number of ether oxygens (including phenoxy) is 1. The third kappa shape index (κ3) is 3.23. The van der Waals surface area contributed by atoms with Crippen molar-refractivity contribution in [1.82, 2.24) is 4.90 Å². The number of benzene rings is 2. The number of nitrogens with zero attached hydrogens (tertiary/aromatic N) is 2. The highest BCUT2D eigenvalue weighted by Crippen LogP contribution is 2.47. The maximum Gasteiger partial charge on any atom is 0.238 e. The quantitative estimate of drug-likeness (QED) is 0.727. The molecule has 29 heavy (non-hydrogen) atoms. The zero-order valence-electron chi connectivity index (χ0n) is 17.4. The summed E-state index contributed by atoms with van der Waals surface area (Å²) in [5.74, 6) is -0.0187. The molecule has 0 N–H and O–H groups in total. The number of carbonyl (C=O) groups excluding carboxylic acids is 2. The lowest BCUT2D eigenvalue weighted by atomic mass is 9.73. The van der Waals surface area contributed by atoms with Crippen LogP contribution < -0.4 is 4.90 Å². The second-order valence-electron chi connectivity index (χ2n) is 8.41. The molecule has 2 aliphatic rings. The highest BCUT2D eigenvalue weighted by atomic mass is 16.5. The van der Waals surface area contributed by atoms with Crippen LogP contribution in [0.25, 0.3) is 0 Å². The molecule has 2 amide bonds. The van der Waals surface area contributed by atoms with E-state index in [4.69, 9.17) is 4.74 Å². The number of rotatable bonds is 7. The minimum atomic E-state index is -0.888. The summed E-state index contributed by atoms with van der Waals surface area (Å²) in [6, 6.07) is 17.8. The summed E-state index contributed by atoms with van der Waals surface area (Å²) < 4.78 is 5.36. The van der Waals surface area contributed by atoms with Gasteiger partial charge >= 0.3 is 0 Å². The second-order valence-corrected chi connectivity index (χ2v) is 8.41. The summed E-state index contributed by atoms with van der Waals surface area (Å²) in [6.45, 7) is 0.533. The summed E-state index contributed by atoms with van der Waals surface area (Å²) in [7, 11) is 5.32. The maximum atomic E-state index is 13.6. The number of para-hydroxylation sites is 1. The van der Waals surface area contributed by atoms with Gasteiger partial charge in [-0.15, -0.1) is 0 Å². The van der Waals surface area contributed by atoms with Gasteiger partial charge in [-0.3, -0.25) is 9.59 Å². The van der Waals surface area contributed by atoms with Crippen LogP contribution in [0.15, 0.2) is 54.6 Å². The molecule has 2 aromatic rings. The molecule has 2 aromatic carbocycles. The molecule has 0 spiro atoms. The van der Waals surface area contributed by atoms with Crippen molar-refractivity contribution in [3.8, 4) is 0 Å². The molecule has 5 heteroatoms. The van der Waals surface area contributed by atoms with E-state index in [1.807, 2.05) is 66.5 Å². The third-order valence-electron chi connectivity index (χ3n) is 6.62. The zero-order valence-corrected chi connectivity index (χ0v) is 17.4. The summed E-state index contributed by atoms with van der Waals surface area (Å²) in [5, 5.41) is 0. The van der Waals surface area contributed by atoms with Crippen molar-refractivity contribution in [3.05, 3.63) is 65.7 Å². The van der Waals surface area contributed by atoms with E-state index in [0.717, 1.165) is 29.7 Å². The van der Waals surface area contributed by atoms with Crippen molar-refractivity contribution in [1.29, 1.82) is 0 Å². The Balaban J connectivity index is 1.72. The van der Waals surface area contributed by atoms with Crippen LogP contribution in [0.5, 0.6) is 0 Å². The monoisotopic (exact) mass is 392 g/mol. The van der Waals surface area contributed by atoms with E-state index in [0.29, 0.717) is 13.0 Å². The molecule has 1 unspecified atom stereocenters. The molecular formula is C24H28N2O3. The molecular weight excluding hydrogens is 364 g/mol. The van der Waals surface area contributed by atoms with Crippen LogP contribution in [0, 0.1) is 0 Å². The van der Waals surface area contributed by atoms with Crippen molar-refractivity contribution in [2.75, 3.05) is 32.7 Å². The average molecular weight is 392 g/mol. The van der Waals surface area contributed by atoms with E-state index >= 15 is 0 Å². The Morgan fingerprint density at radius 1 is 1.10 bits per heavy atom. The zero-order chi connectivity index (χ0) is 20.6. The first-order chi connectivity index (χ1) is 13.9. The summed E-state index contributed by atoms with van der Waals surface area (Å²) >= 11 is 0. The van der Waals surface area contributed by atoms with E-state index in [-0.39, 0.29) is 23.8 Å². The molecule has 0 bridgehead atoms. The van der Waals surface area contributed by atoms with E-state index in [2.05, 4.69) is 0 Å². The molecule has 1 aliphatic heterocycles. The van der Waals surface area contributed by atoms with Crippen LogP contribution in [0.2, 0.25) is 0 Å². The van der Waals surface area contributed by atoms with Crippen LogP contribution in [0.3, 0.4) is 0 Å². The highest BCUT2D eigenvalue weighted by Gasteiger charge is 2.54. The van der Waals surface area contributed by atoms with Gasteiger partial charge in [-0.25, -0.2) is 0 Å². The van der Waals surface area contributed by atoms with Gasteiger partial charge in [0.25, 0.3) is 0 Å². The molecule has 1 atom stereocenters. The predicted molar refractivity (Wildman–Crippen MR) is 113 cm³/mol. The van der Waals surface area contributed by atoms with Gasteiger partial charge in [0.05, 0.1) is 17.6 Å². The molecule has 1 aliphatic carbocycles. The van der Waals surface area contributed by atoms with Crippen molar-refractivity contribution in [2.45, 2.75) is 36.6 Å². The molecule has 4 rings (SSSR count). The predicted octanol–water partition coefficient (Wildman–Crippen LogP) is 3.17. The average Bonchev–Trinajstić information content (AvgIpc) is 3.49. The molecule has 0 saturated heterocycles. The SMILES string of the molecule is COCC1(N(C)C(=O)CC2(Cc3ccccc3)C(=O)N(C)c3ccccc32)CC1. The second kappa shape index (κ2) is 7.30. The highest BCUT2D eigenvalue weighted by molar-refractivity contribution is 6.10. The van der Waals surface area contributed by atoms with Gasteiger partial charge in [0.15, 0.2) is 0 Å². The number of hydrogen-bond donors (Lipinski definition) is 0. The lowest BCUT2D eigenvalue weighted by Gasteiger charge is -2.33. The van der Waals surface area contributed by atoms with Crippen LogP contribution >= 0.6 is 0 Å². The fourth-order valence-corrected chi connectivity index (χ4v) is 4.70. The molecule has 5 nitrogen and oxygen atoms in total. The largest absolute Gasteiger partial charge is 0.382 e. The van der Waals surface area contributed by atoms with E-state index in [9.17, 15) is 9.59 Å². The molecule has 0 aromatic heterocycles. The number of likely N-dealkylation sites (N-methyl/N-ethyl adjacent to an activating group) is 2. The summed E-state index contributed by atoms with van der Waals surface area (Å²) in [4.78, 5) is 30.5. The number of anilines is 1. The van der Waals surface area contributed by atoms with Crippen molar-refractivity contribution in [3.63, 3.8) is 0 Å². The number of amides is 2. The molecule has 1 heterocycles. The van der Waals surface area contributed by atoms with Gasteiger partial charge in [0.1, 0.15) is 0 Å². The number of methoxy groups -OCH3 is 1. The maximum absolute atomic E-state index is 13.6. The van der Waals surface area contributed by atoms with Gasteiger partial charge in [-0.2, -0.15) is 0 Å². The first-order valence-electron chi connectivity index (χ1n) is 10.1. The molecule has 1 saturated carbocycles. The number of fused-ring (bicyclic) bond motifs is 1. The van der Waals surface area contributed by atoms with Crippen LogP contribution in [-0.4, -0.2) is 50.1 Å². The first-order valence-corrected chi connectivity index (χ1v) is 10.1. The van der Waals surface area contributed by atoms with Crippen molar-refractivity contribution >= 4 is 17.5 Å². The Bertz CT molecular complexity index is 923. The first kappa shape index (κ1) is 19.6. The Kier molecular flexibility index (Phi) is 4.95. The molecule has 152 valence electrons. The van der Waals surface area contributed by atoms with Crippen LogP contribution in [0.4, 0.5) is 5.69 Å². The lowest BCUT2D eigenvalue weighted by Crippen LogP contribution is -2.48. The smallest absolute Gasteiger partial charge is 0.238 e. The third-order valence-corrected chi connectivity index (χ3v) is 6.62. The number of carbonyl (C=O) groups is 2. The number of hydrogen-bond acceptors (Lipinski definition) is 3. The minimum absolute atomic E-state index is 0.00562. The standard InChI is InChI=1S/C24H28N2O3/c1-25-20-12-8-7-11-19(20)24(22(25)28,15-18-9-5-4-6-10-18)16-21(27)26(2)23(13-14-23)17-29-3/h4-12H,13-17H2,1-3H3. The van der Waals surface area contributed by atoms with E-state index in [1.54, 1.807) is 19.1 Å². The van der Waals surface area contributed by atoms with Crippen molar-refractivity contribution in [2.24, 2.45) is 0 Å². The fraction of sp³-hybridized carbons (Fsp3) is 0.417. The fourth-order valence-electron chi connectivity index (χ4n) is 4.70.